The summed E-state index contributed by atoms with van der Waals surface area (Å²) in [5, 5.41) is 6.27. The molecule has 5 nitrogen and oxygen atoms in total. The summed E-state index contributed by atoms with van der Waals surface area (Å²) in [6, 6.07) is 7.62. The molecule has 2 aromatic heterocycles. The molecule has 3 rings (SSSR count). The quantitative estimate of drug-likeness (QED) is 0.779. The van der Waals surface area contributed by atoms with E-state index >= 15 is 0 Å². The van der Waals surface area contributed by atoms with Crippen LogP contribution < -0.4 is 11.1 Å². The molecule has 1 amide bonds. The molecule has 3 N–H and O–H groups in total. The number of hydrogen-bond acceptors (Lipinski definition) is 5. The van der Waals surface area contributed by atoms with Crippen LogP contribution in [0.1, 0.15) is 21.1 Å². The highest BCUT2D eigenvalue weighted by Crippen LogP contribution is 2.25. The molecule has 6 heteroatoms. The number of rotatable bonds is 3. The largest absolute Gasteiger partial charge is 0.325 e. The zero-order chi connectivity index (χ0) is 14.8. The molecule has 0 aliphatic carbocycles. The van der Waals surface area contributed by atoms with Gasteiger partial charge in [0, 0.05) is 23.5 Å². The number of carbonyl (C=O) groups excluding carboxylic acids is 1. The van der Waals surface area contributed by atoms with Crippen LogP contribution in [0.4, 0.5) is 5.69 Å². The zero-order valence-corrected chi connectivity index (χ0v) is 12.3. The highest BCUT2D eigenvalue weighted by atomic mass is 32.1. The number of nitrogens with zero attached hydrogens (tertiary/aromatic N) is 2. The Hall–Kier alpha value is -2.31. The molecule has 0 radical (unpaired) electrons. The molecule has 3 aromatic rings. The summed E-state index contributed by atoms with van der Waals surface area (Å²) in [6.45, 7) is 2.34. The lowest BCUT2D eigenvalue weighted by atomic mass is 10.1. The van der Waals surface area contributed by atoms with Crippen molar-refractivity contribution < 1.29 is 4.79 Å². The second-order valence-corrected chi connectivity index (χ2v) is 5.56. The van der Waals surface area contributed by atoms with Crippen molar-refractivity contribution in [3.05, 3.63) is 52.1 Å². The number of thiazole rings is 1. The Morgan fingerprint density at radius 3 is 3.00 bits per heavy atom. The average Bonchev–Trinajstić information content (AvgIpc) is 2.99. The number of nitrogens with one attached hydrogen (secondary N) is 1. The number of carbonyl (C=O) groups is 1. The topological polar surface area (TPSA) is 80.9 Å². The summed E-state index contributed by atoms with van der Waals surface area (Å²) < 4.78 is 0. The van der Waals surface area contributed by atoms with Crippen LogP contribution in [-0.2, 0) is 6.54 Å². The molecule has 106 valence electrons. The fourth-order valence-electron chi connectivity index (χ4n) is 2.12. The summed E-state index contributed by atoms with van der Waals surface area (Å²) in [7, 11) is 0. The molecule has 0 aliphatic heterocycles. The van der Waals surface area contributed by atoms with Crippen molar-refractivity contribution in [3.63, 3.8) is 0 Å². The highest BCUT2D eigenvalue weighted by Gasteiger charge is 2.12. The number of aryl methyl sites for hydroxylation is 1. The first-order valence-electron chi connectivity index (χ1n) is 6.49. The first-order valence-corrected chi connectivity index (χ1v) is 7.37. The lowest BCUT2D eigenvalue weighted by molar-refractivity contribution is 0.102. The summed E-state index contributed by atoms with van der Waals surface area (Å²) in [5.41, 5.74) is 8.59. The van der Waals surface area contributed by atoms with E-state index in [1.54, 1.807) is 11.6 Å². The minimum atomic E-state index is -0.236. The van der Waals surface area contributed by atoms with Crippen molar-refractivity contribution >= 4 is 33.8 Å². The number of anilines is 1. The average molecular weight is 298 g/mol. The lowest BCUT2D eigenvalue weighted by Gasteiger charge is -2.09. The van der Waals surface area contributed by atoms with Gasteiger partial charge in [-0.2, -0.15) is 0 Å². The van der Waals surface area contributed by atoms with Crippen LogP contribution in [0.25, 0.3) is 10.9 Å². The SMILES string of the molecule is Cc1ccc(NC(=O)c2csc(CN)n2)c2cccnc12. The van der Waals surface area contributed by atoms with E-state index in [1.165, 1.54) is 11.3 Å². The number of benzene rings is 1. The van der Waals surface area contributed by atoms with Gasteiger partial charge in [0.2, 0.25) is 0 Å². The number of hydrogen-bond donors (Lipinski definition) is 2. The maximum atomic E-state index is 12.2. The Bertz CT molecular complexity index is 812. The Morgan fingerprint density at radius 1 is 1.38 bits per heavy atom. The van der Waals surface area contributed by atoms with Crippen molar-refractivity contribution in [1.82, 2.24) is 9.97 Å². The van der Waals surface area contributed by atoms with Gasteiger partial charge in [0.15, 0.2) is 0 Å². The Kier molecular flexibility index (Phi) is 3.64. The number of pyridine rings is 1. The molecular weight excluding hydrogens is 284 g/mol. The summed E-state index contributed by atoms with van der Waals surface area (Å²) >= 11 is 1.39. The Labute approximate surface area is 125 Å². The minimum absolute atomic E-state index is 0.236. The fourth-order valence-corrected chi connectivity index (χ4v) is 2.77. The molecule has 0 unspecified atom stereocenters. The van der Waals surface area contributed by atoms with Crippen LogP contribution in [0.2, 0.25) is 0 Å². The molecular formula is C15H14N4OS. The van der Waals surface area contributed by atoms with Crippen LogP contribution in [0.3, 0.4) is 0 Å². The lowest BCUT2D eigenvalue weighted by Crippen LogP contribution is -2.13. The second kappa shape index (κ2) is 5.59. The van der Waals surface area contributed by atoms with Crippen molar-refractivity contribution in [2.45, 2.75) is 13.5 Å². The smallest absolute Gasteiger partial charge is 0.275 e. The molecule has 2 heterocycles. The molecule has 0 fully saturated rings. The zero-order valence-electron chi connectivity index (χ0n) is 11.5. The van der Waals surface area contributed by atoms with Gasteiger partial charge in [0.1, 0.15) is 10.7 Å². The van der Waals surface area contributed by atoms with Gasteiger partial charge in [-0.3, -0.25) is 9.78 Å². The van der Waals surface area contributed by atoms with Crippen LogP contribution >= 0.6 is 11.3 Å². The Balaban J connectivity index is 1.95. The molecule has 0 aliphatic rings. The third kappa shape index (κ3) is 2.63. The van der Waals surface area contributed by atoms with E-state index in [-0.39, 0.29) is 5.91 Å². The second-order valence-electron chi connectivity index (χ2n) is 4.61. The molecule has 1 aromatic carbocycles. The minimum Gasteiger partial charge on any atom is -0.325 e. The van der Waals surface area contributed by atoms with Gasteiger partial charge >= 0.3 is 0 Å². The number of amides is 1. The van der Waals surface area contributed by atoms with Gasteiger partial charge in [0.05, 0.1) is 11.2 Å². The van der Waals surface area contributed by atoms with Crippen LogP contribution in [0, 0.1) is 6.92 Å². The maximum absolute atomic E-state index is 12.2. The monoisotopic (exact) mass is 298 g/mol. The molecule has 0 saturated carbocycles. The predicted molar refractivity (Wildman–Crippen MR) is 84.4 cm³/mol. The van der Waals surface area contributed by atoms with Crippen molar-refractivity contribution in [2.24, 2.45) is 5.73 Å². The third-order valence-electron chi connectivity index (χ3n) is 3.18. The number of fused-ring (bicyclic) bond motifs is 1. The first-order chi connectivity index (χ1) is 10.2. The van der Waals surface area contributed by atoms with Crippen molar-refractivity contribution in [3.8, 4) is 0 Å². The summed E-state index contributed by atoms with van der Waals surface area (Å²) in [4.78, 5) is 20.8. The summed E-state index contributed by atoms with van der Waals surface area (Å²) in [5.74, 6) is -0.236. The maximum Gasteiger partial charge on any atom is 0.275 e. The molecule has 21 heavy (non-hydrogen) atoms. The molecule has 0 bridgehead atoms. The van der Waals surface area contributed by atoms with E-state index in [0.717, 1.165) is 27.2 Å². The third-order valence-corrected chi connectivity index (χ3v) is 4.05. The van der Waals surface area contributed by atoms with E-state index in [2.05, 4.69) is 15.3 Å². The van der Waals surface area contributed by atoms with E-state index in [0.29, 0.717) is 12.2 Å². The van der Waals surface area contributed by atoms with E-state index in [9.17, 15) is 4.79 Å². The molecule has 0 saturated heterocycles. The molecule has 0 atom stereocenters. The highest BCUT2D eigenvalue weighted by molar-refractivity contribution is 7.09. The predicted octanol–water partition coefficient (Wildman–Crippen LogP) is 2.71. The normalized spacial score (nSPS) is 10.8. The first kappa shape index (κ1) is 13.7. The fraction of sp³-hybridized carbons (Fsp3) is 0.133. The van der Waals surface area contributed by atoms with E-state index in [4.69, 9.17) is 5.73 Å². The van der Waals surface area contributed by atoms with Crippen molar-refractivity contribution in [1.29, 1.82) is 0 Å². The number of nitrogens with two attached hydrogens (primary N) is 1. The Morgan fingerprint density at radius 2 is 2.24 bits per heavy atom. The van der Waals surface area contributed by atoms with Gasteiger partial charge < -0.3 is 11.1 Å². The van der Waals surface area contributed by atoms with Crippen LogP contribution in [0.15, 0.2) is 35.8 Å². The summed E-state index contributed by atoms with van der Waals surface area (Å²) in [6.07, 6.45) is 1.74. The van der Waals surface area contributed by atoms with E-state index < -0.39 is 0 Å². The van der Waals surface area contributed by atoms with Gasteiger partial charge in [-0.1, -0.05) is 6.07 Å². The van der Waals surface area contributed by atoms with Gasteiger partial charge in [-0.15, -0.1) is 11.3 Å². The standard InChI is InChI=1S/C15H14N4OS/c1-9-4-5-11(10-3-2-6-17-14(9)10)19-15(20)12-8-21-13(7-16)18-12/h2-6,8H,7,16H2,1H3,(H,19,20). The van der Waals surface area contributed by atoms with Crippen molar-refractivity contribution in [2.75, 3.05) is 5.32 Å². The van der Waals surface area contributed by atoms with E-state index in [1.807, 2.05) is 31.2 Å². The molecule has 0 spiro atoms. The van der Waals surface area contributed by atoms with Crippen LogP contribution in [-0.4, -0.2) is 15.9 Å². The van der Waals surface area contributed by atoms with Gasteiger partial charge in [-0.05, 0) is 30.7 Å². The van der Waals surface area contributed by atoms with Gasteiger partial charge in [-0.25, -0.2) is 4.98 Å². The number of aromatic nitrogens is 2. The van der Waals surface area contributed by atoms with Crippen LogP contribution in [0.5, 0.6) is 0 Å². The van der Waals surface area contributed by atoms with Gasteiger partial charge in [0.25, 0.3) is 5.91 Å².